The largest absolute Gasteiger partial charge is 0.508 e. The van der Waals surface area contributed by atoms with Gasteiger partial charge in [-0.15, -0.1) is 0 Å². The van der Waals surface area contributed by atoms with Gasteiger partial charge in [-0.25, -0.2) is 22.7 Å². The highest BCUT2D eigenvalue weighted by atomic mass is 32.2. The van der Waals surface area contributed by atoms with Crippen molar-refractivity contribution >= 4 is 57.6 Å². The molecule has 4 aromatic rings. The molecule has 0 aliphatic rings. The van der Waals surface area contributed by atoms with E-state index in [0.29, 0.717) is 27.8 Å². The Morgan fingerprint density at radius 2 is 1.09 bits per heavy atom. The molecule has 0 unspecified atom stereocenters. The summed E-state index contributed by atoms with van der Waals surface area (Å²) in [6.07, 6.45) is -1.74. The standard InChI is InChI=1S/C59H80N8O13S/c1-36(2)28-46(63-55(73)48(33-50(69)78-34-42-18-13-11-14-19-42)64-54(72)47(29-37(3)4)66-58(75)80-59(8,9)10)53(71)62-45(22-17-27-61-57(60)67-81(76,77)51-39(6)30-38(5)31-40(51)7)52(70)65-49(32-41-23-25-44(68)26-24-41)56(74)79-35-43-20-15-12-16-21-43/h11-16,18-21,23-26,30-31,36-37,45-49,68H,17,22,27-29,32-35H2,1-10H3,(H,62,71)(H,63,73)(H,64,72)(H,65,70)(H,66,75)(H3,60,61,67)/t45-,46-,47+,48-,49-/m0/s1. The molecule has 0 fully saturated rings. The molecule has 21 nitrogen and oxygen atoms in total. The normalized spacial score (nSPS) is 13.6. The number of rotatable bonds is 28. The first-order valence-corrected chi connectivity index (χ1v) is 28.4. The van der Waals surface area contributed by atoms with Gasteiger partial charge in [0.05, 0.1) is 11.3 Å². The SMILES string of the molecule is Cc1cc(C)c(S(=O)(=O)NC(N)=NCCC[C@H](NC(=O)[C@H](CC(C)C)NC(=O)[C@H](CC(=O)OCc2ccccc2)NC(=O)[C@@H](CC(C)C)NC(=O)OC(C)(C)C)C(=O)N[C@@H](Cc2ccc(O)cc2)C(=O)OCc2ccccc2)c(C)c1. The van der Waals surface area contributed by atoms with Crippen molar-refractivity contribution in [1.82, 2.24) is 31.3 Å². The number of benzene rings is 4. The molecule has 4 aromatic carbocycles. The van der Waals surface area contributed by atoms with Crippen molar-refractivity contribution in [3.05, 3.63) is 130 Å². The Kier molecular flexibility index (Phi) is 25.2. The number of nitrogens with two attached hydrogens (primary N) is 1. The molecule has 0 spiro atoms. The number of amides is 5. The van der Waals surface area contributed by atoms with Crippen LogP contribution in [-0.4, -0.2) is 103 Å². The Balaban J connectivity index is 1.67. The summed E-state index contributed by atoms with van der Waals surface area (Å²) >= 11 is 0. The maximum Gasteiger partial charge on any atom is 0.408 e. The van der Waals surface area contributed by atoms with E-state index in [-0.39, 0.29) is 74.3 Å². The molecule has 0 heterocycles. The van der Waals surface area contributed by atoms with Gasteiger partial charge in [-0.2, -0.15) is 0 Å². The number of esters is 2. The number of guanidine groups is 1. The third-order valence-electron chi connectivity index (χ3n) is 12.2. The zero-order valence-corrected chi connectivity index (χ0v) is 48.7. The number of alkyl carbamates (subject to hydrolysis) is 1. The number of carbonyl (C=O) groups excluding carboxylic acids is 7. The van der Waals surface area contributed by atoms with Crippen LogP contribution in [0.1, 0.15) is 114 Å². The fraction of sp³-hybridized carbons (Fsp3) is 0.458. The van der Waals surface area contributed by atoms with E-state index >= 15 is 0 Å². The van der Waals surface area contributed by atoms with Crippen LogP contribution in [0.4, 0.5) is 4.79 Å². The van der Waals surface area contributed by atoms with Crippen molar-refractivity contribution in [3.8, 4) is 5.75 Å². The topological polar surface area (TPSA) is 312 Å². The number of hydrogen-bond acceptors (Lipinski definition) is 14. The predicted octanol–water partition coefficient (Wildman–Crippen LogP) is 5.73. The summed E-state index contributed by atoms with van der Waals surface area (Å²) in [6, 6.07) is 20.0. The molecule has 5 atom stereocenters. The molecule has 4 rings (SSSR count). The second kappa shape index (κ2) is 31.1. The average molecular weight is 1140 g/mol. The van der Waals surface area contributed by atoms with E-state index in [1.165, 1.54) is 12.1 Å². The summed E-state index contributed by atoms with van der Waals surface area (Å²) in [7, 11) is -4.17. The Hall–Kier alpha value is -8.01. The number of carbonyl (C=O) groups is 7. The highest BCUT2D eigenvalue weighted by Crippen LogP contribution is 2.22. The first-order chi connectivity index (χ1) is 38.1. The predicted molar refractivity (Wildman–Crippen MR) is 305 cm³/mol. The number of phenolic OH excluding ortho intramolecular Hbond substituents is 1. The van der Waals surface area contributed by atoms with Gasteiger partial charge in [-0.3, -0.25) is 29.0 Å². The molecule has 0 aliphatic heterocycles. The number of ether oxygens (including phenoxy) is 3. The quantitative estimate of drug-likeness (QED) is 0.0111. The molecule has 0 saturated carbocycles. The van der Waals surface area contributed by atoms with Crippen molar-refractivity contribution in [1.29, 1.82) is 0 Å². The summed E-state index contributed by atoms with van der Waals surface area (Å²) in [5, 5.41) is 23.2. The number of phenols is 1. The molecule has 22 heteroatoms. The minimum absolute atomic E-state index is 0.0136. The summed E-state index contributed by atoms with van der Waals surface area (Å²) in [4.78, 5) is 102. The molecule has 440 valence electrons. The average Bonchev–Trinajstić information content (AvgIpc) is 3.40. The van der Waals surface area contributed by atoms with Gasteiger partial charge in [0.2, 0.25) is 29.6 Å². The van der Waals surface area contributed by atoms with Gasteiger partial charge in [-0.1, -0.05) is 118 Å². The molecular formula is C59H80N8O13S. The Labute approximate surface area is 475 Å². The van der Waals surface area contributed by atoms with Crippen LogP contribution in [0.25, 0.3) is 0 Å². The van der Waals surface area contributed by atoms with E-state index in [9.17, 15) is 47.1 Å². The number of aromatic hydroxyl groups is 1. The van der Waals surface area contributed by atoms with Crippen LogP contribution in [0.2, 0.25) is 0 Å². The van der Waals surface area contributed by atoms with Crippen molar-refractivity contribution < 1.29 is 61.3 Å². The smallest absolute Gasteiger partial charge is 0.408 e. The van der Waals surface area contributed by atoms with Crippen LogP contribution in [0.3, 0.4) is 0 Å². The van der Waals surface area contributed by atoms with Gasteiger partial charge in [0, 0.05) is 13.0 Å². The van der Waals surface area contributed by atoms with Gasteiger partial charge < -0.3 is 51.6 Å². The van der Waals surface area contributed by atoms with Crippen LogP contribution in [0.5, 0.6) is 5.75 Å². The van der Waals surface area contributed by atoms with E-state index in [4.69, 9.17) is 19.9 Å². The second-order valence-corrected chi connectivity index (χ2v) is 23.4. The zero-order valence-electron chi connectivity index (χ0n) is 47.9. The maximum atomic E-state index is 14.6. The first kappa shape index (κ1) is 65.5. The molecule has 0 aliphatic carbocycles. The molecule has 0 bridgehead atoms. The van der Waals surface area contributed by atoms with Gasteiger partial charge in [0.25, 0.3) is 10.0 Å². The summed E-state index contributed by atoms with van der Waals surface area (Å²) < 4.78 is 45.8. The number of aliphatic imine (C=N–C) groups is 1. The number of nitrogens with zero attached hydrogens (tertiary/aromatic N) is 1. The van der Waals surface area contributed by atoms with Crippen LogP contribution in [0.15, 0.2) is 107 Å². The van der Waals surface area contributed by atoms with Crippen LogP contribution < -0.4 is 37.0 Å². The molecule has 0 aromatic heterocycles. The van der Waals surface area contributed by atoms with Crippen molar-refractivity contribution in [2.24, 2.45) is 22.6 Å². The Morgan fingerprint density at radius 1 is 0.617 bits per heavy atom. The fourth-order valence-corrected chi connectivity index (χ4v) is 9.99. The van der Waals surface area contributed by atoms with Crippen LogP contribution in [0, 0.1) is 32.6 Å². The lowest BCUT2D eigenvalue weighted by Crippen LogP contribution is -2.59. The van der Waals surface area contributed by atoms with Crippen molar-refractivity contribution in [3.63, 3.8) is 0 Å². The fourth-order valence-electron chi connectivity index (χ4n) is 8.58. The van der Waals surface area contributed by atoms with Gasteiger partial charge >= 0.3 is 18.0 Å². The van der Waals surface area contributed by atoms with Gasteiger partial charge in [0.1, 0.15) is 54.8 Å². The van der Waals surface area contributed by atoms with E-state index in [0.717, 1.165) is 5.56 Å². The number of nitrogens with one attached hydrogen (secondary N) is 6. The third-order valence-corrected chi connectivity index (χ3v) is 13.8. The molecule has 81 heavy (non-hydrogen) atoms. The minimum Gasteiger partial charge on any atom is -0.508 e. The lowest BCUT2D eigenvalue weighted by atomic mass is 10.0. The van der Waals surface area contributed by atoms with E-state index in [1.807, 2.05) is 20.8 Å². The molecule has 0 saturated heterocycles. The Bertz CT molecular complexity index is 2890. The van der Waals surface area contributed by atoms with E-state index < -0.39 is 99.9 Å². The third kappa shape index (κ3) is 23.3. The second-order valence-electron chi connectivity index (χ2n) is 21.8. The Morgan fingerprint density at radius 3 is 1.62 bits per heavy atom. The maximum absolute atomic E-state index is 14.6. The summed E-state index contributed by atoms with van der Waals surface area (Å²) in [5.74, 6) is -6.07. The molecule has 5 amide bonds. The summed E-state index contributed by atoms with van der Waals surface area (Å²) in [5.41, 5.74) is 8.94. The highest BCUT2D eigenvalue weighted by molar-refractivity contribution is 7.90. The minimum atomic E-state index is -4.17. The lowest BCUT2D eigenvalue weighted by molar-refractivity contribution is -0.149. The lowest BCUT2D eigenvalue weighted by Gasteiger charge is -2.28. The number of sulfonamides is 1. The van der Waals surface area contributed by atoms with Crippen molar-refractivity contribution in [2.75, 3.05) is 6.54 Å². The molecular weight excluding hydrogens is 1060 g/mol. The van der Waals surface area contributed by atoms with Gasteiger partial charge in [-0.05, 0) is 119 Å². The van der Waals surface area contributed by atoms with Crippen molar-refractivity contribution in [2.45, 2.75) is 162 Å². The zero-order chi connectivity index (χ0) is 60.0. The van der Waals surface area contributed by atoms with E-state index in [1.54, 1.807) is 133 Å². The molecule has 9 N–H and O–H groups in total. The number of aryl methyl sites for hydroxylation is 3. The van der Waals surface area contributed by atoms with E-state index in [2.05, 4.69) is 36.3 Å². The number of hydrogen-bond donors (Lipinski definition) is 8. The van der Waals surface area contributed by atoms with Gasteiger partial charge in [0.15, 0.2) is 0 Å². The summed E-state index contributed by atoms with van der Waals surface area (Å²) in [6.45, 7) is 16.9. The first-order valence-electron chi connectivity index (χ1n) is 26.9. The van der Waals surface area contributed by atoms with Crippen LogP contribution in [-0.2, 0) is 72.6 Å². The van der Waals surface area contributed by atoms with Crippen LogP contribution >= 0.6 is 0 Å². The monoisotopic (exact) mass is 1140 g/mol. The molecule has 0 radical (unpaired) electrons. The highest BCUT2D eigenvalue weighted by Gasteiger charge is 2.35.